The maximum absolute atomic E-state index is 11.8. The Morgan fingerprint density at radius 3 is 2.12 bits per heavy atom. The average Bonchev–Trinajstić information content (AvgIpc) is 2.27. The van der Waals surface area contributed by atoms with Gasteiger partial charge >= 0.3 is 5.97 Å². The Labute approximate surface area is 102 Å². The molecule has 0 fully saturated rings. The van der Waals surface area contributed by atoms with Gasteiger partial charge in [-0.3, -0.25) is 14.5 Å². The second-order valence-electron chi connectivity index (χ2n) is 3.71. The van der Waals surface area contributed by atoms with Crippen LogP contribution in [-0.4, -0.2) is 71.2 Å². The van der Waals surface area contributed by atoms with Crippen molar-refractivity contribution in [2.45, 2.75) is 20.3 Å². The molecule has 0 aliphatic rings. The number of nitrogens with zero attached hydrogens (tertiary/aromatic N) is 2. The van der Waals surface area contributed by atoms with Crippen LogP contribution >= 0.6 is 0 Å². The summed E-state index contributed by atoms with van der Waals surface area (Å²) in [7, 11) is 0. The van der Waals surface area contributed by atoms with Crippen molar-refractivity contribution in [3.8, 4) is 0 Å². The van der Waals surface area contributed by atoms with Crippen molar-refractivity contribution >= 4 is 11.9 Å². The van der Waals surface area contributed by atoms with Gasteiger partial charge in [-0.1, -0.05) is 0 Å². The molecule has 0 rings (SSSR count). The number of carbonyl (C=O) groups excluding carboxylic acids is 1. The van der Waals surface area contributed by atoms with Gasteiger partial charge in [0.25, 0.3) is 0 Å². The fourth-order valence-corrected chi connectivity index (χ4v) is 1.53. The van der Waals surface area contributed by atoms with Crippen LogP contribution in [0.15, 0.2) is 0 Å². The average molecular weight is 246 g/mol. The maximum atomic E-state index is 11.8. The summed E-state index contributed by atoms with van der Waals surface area (Å²) in [5.74, 6) is -0.933. The summed E-state index contributed by atoms with van der Waals surface area (Å²) in [6, 6.07) is 0. The Bertz CT molecular complexity index is 242. The number of rotatable bonds is 9. The largest absolute Gasteiger partial charge is 0.481 e. The van der Waals surface area contributed by atoms with Crippen molar-refractivity contribution in [2.24, 2.45) is 0 Å². The van der Waals surface area contributed by atoms with Crippen LogP contribution in [0.2, 0.25) is 0 Å². The zero-order valence-corrected chi connectivity index (χ0v) is 10.6. The zero-order chi connectivity index (χ0) is 13.3. The molecule has 0 heterocycles. The second-order valence-corrected chi connectivity index (χ2v) is 3.71. The summed E-state index contributed by atoms with van der Waals surface area (Å²) in [6.07, 6.45) is -0.0223. The summed E-state index contributed by atoms with van der Waals surface area (Å²) < 4.78 is 0. The molecule has 2 N–H and O–H groups in total. The van der Waals surface area contributed by atoms with Crippen LogP contribution in [0.1, 0.15) is 20.3 Å². The second kappa shape index (κ2) is 8.95. The lowest BCUT2D eigenvalue weighted by Gasteiger charge is -2.24. The number of aliphatic hydroxyl groups excluding tert-OH is 1. The molecular weight excluding hydrogens is 224 g/mol. The van der Waals surface area contributed by atoms with Gasteiger partial charge < -0.3 is 15.1 Å². The number of aliphatic hydroxyl groups is 1. The van der Waals surface area contributed by atoms with E-state index in [0.29, 0.717) is 19.6 Å². The fourth-order valence-electron chi connectivity index (χ4n) is 1.53. The molecule has 6 heteroatoms. The normalized spacial score (nSPS) is 10.6. The van der Waals surface area contributed by atoms with E-state index in [1.807, 2.05) is 13.8 Å². The number of carbonyl (C=O) groups is 2. The van der Waals surface area contributed by atoms with Crippen LogP contribution in [0.4, 0.5) is 0 Å². The number of aliphatic carboxylic acids is 1. The van der Waals surface area contributed by atoms with E-state index in [2.05, 4.69) is 0 Å². The minimum Gasteiger partial charge on any atom is -0.481 e. The van der Waals surface area contributed by atoms with Crippen LogP contribution in [-0.2, 0) is 9.59 Å². The number of carboxylic acid groups (broad SMARTS) is 1. The molecule has 0 atom stereocenters. The van der Waals surface area contributed by atoms with Gasteiger partial charge in [-0.2, -0.15) is 0 Å². The van der Waals surface area contributed by atoms with E-state index in [1.54, 1.807) is 9.80 Å². The molecule has 17 heavy (non-hydrogen) atoms. The Kier molecular flexibility index (Phi) is 8.35. The molecule has 6 nitrogen and oxygen atoms in total. The lowest BCUT2D eigenvalue weighted by atomic mass is 10.3. The molecule has 0 aliphatic carbocycles. The Hall–Kier alpha value is -1.14. The molecular formula is C11H22N2O4. The first kappa shape index (κ1) is 15.9. The third-order valence-electron chi connectivity index (χ3n) is 2.53. The lowest BCUT2D eigenvalue weighted by molar-refractivity contribution is -0.138. The van der Waals surface area contributed by atoms with Gasteiger partial charge in [0.15, 0.2) is 0 Å². The minimum atomic E-state index is -0.900. The van der Waals surface area contributed by atoms with Crippen LogP contribution in [0.3, 0.4) is 0 Å². The van der Waals surface area contributed by atoms with E-state index in [0.717, 1.165) is 0 Å². The third kappa shape index (κ3) is 6.91. The van der Waals surface area contributed by atoms with Crippen LogP contribution in [0, 0.1) is 0 Å². The van der Waals surface area contributed by atoms with Gasteiger partial charge in [-0.15, -0.1) is 0 Å². The molecule has 0 aromatic carbocycles. The number of likely N-dealkylation sites (N-methyl/N-ethyl adjacent to an activating group) is 1. The van der Waals surface area contributed by atoms with E-state index >= 15 is 0 Å². The lowest BCUT2D eigenvalue weighted by Crippen LogP contribution is -2.41. The highest BCUT2D eigenvalue weighted by atomic mass is 16.4. The van der Waals surface area contributed by atoms with Crippen LogP contribution in [0.5, 0.6) is 0 Å². The standard InChI is InChI=1S/C11H22N2O4/c1-3-13(4-2)10(15)9-12(7-8-14)6-5-11(16)17/h14H,3-9H2,1-2H3,(H,16,17). The number of carboxylic acids is 1. The predicted molar refractivity (Wildman–Crippen MR) is 63.7 cm³/mol. The third-order valence-corrected chi connectivity index (χ3v) is 2.53. The summed E-state index contributed by atoms with van der Waals surface area (Å²) in [4.78, 5) is 25.6. The highest BCUT2D eigenvalue weighted by molar-refractivity contribution is 5.78. The number of hydrogen-bond acceptors (Lipinski definition) is 4. The molecule has 0 unspecified atom stereocenters. The maximum Gasteiger partial charge on any atom is 0.304 e. The first-order valence-electron chi connectivity index (χ1n) is 5.87. The smallest absolute Gasteiger partial charge is 0.304 e. The molecule has 0 aromatic heterocycles. The molecule has 0 bridgehead atoms. The van der Waals surface area contributed by atoms with E-state index in [4.69, 9.17) is 10.2 Å². The fraction of sp³-hybridized carbons (Fsp3) is 0.818. The molecule has 0 aromatic rings. The van der Waals surface area contributed by atoms with Crippen molar-refractivity contribution in [1.82, 2.24) is 9.80 Å². The number of hydrogen-bond donors (Lipinski definition) is 2. The topological polar surface area (TPSA) is 81.1 Å². The monoisotopic (exact) mass is 246 g/mol. The predicted octanol–water partition coefficient (Wildman–Crippen LogP) is -0.376. The van der Waals surface area contributed by atoms with Crippen molar-refractivity contribution in [3.05, 3.63) is 0 Å². The Balaban J connectivity index is 4.22. The van der Waals surface area contributed by atoms with E-state index in [-0.39, 0.29) is 32.0 Å². The van der Waals surface area contributed by atoms with Gasteiger partial charge in [0.05, 0.1) is 19.6 Å². The zero-order valence-electron chi connectivity index (χ0n) is 10.6. The molecule has 0 spiro atoms. The van der Waals surface area contributed by atoms with Gasteiger partial charge in [-0.05, 0) is 13.8 Å². The molecule has 100 valence electrons. The number of amides is 1. The van der Waals surface area contributed by atoms with Gasteiger partial charge in [0.2, 0.25) is 5.91 Å². The quantitative estimate of drug-likeness (QED) is 0.580. The minimum absolute atomic E-state index is 0.0223. The van der Waals surface area contributed by atoms with Gasteiger partial charge in [-0.25, -0.2) is 0 Å². The molecule has 1 amide bonds. The molecule has 0 radical (unpaired) electrons. The van der Waals surface area contributed by atoms with Crippen molar-refractivity contribution < 1.29 is 19.8 Å². The van der Waals surface area contributed by atoms with Crippen molar-refractivity contribution in [2.75, 3.05) is 39.3 Å². The molecule has 0 aliphatic heterocycles. The van der Waals surface area contributed by atoms with Crippen molar-refractivity contribution in [1.29, 1.82) is 0 Å². The highest BCUT2D eigenvalue weighted by Gasteiger charge is 2.15. The van der Waals surface area contributed by atoms with E-state index in [1.165, 1.54) is 0 Å². The van der Waals surface area contributed by atoms with Crippen LogP contribution < -0.4 is 0 Å². The van der Waals surface area contributed by atoms with Gasteiger partial charge in [0.1, 0.15) is 0 Å². The first-order chi connectivity index (χ1) is 8.04. The first-order valence-corrected chi connectivity index (χ1v) is 5.87. The molecule has 0 saturated heterocycles. The van der Waals surface area contributed by atoms with Crippen LogP contribution in [0.25, 0.3) is 0 Å². The summed E-state index contributed by atoms with van der Waals surface area (Å²) in [5, 5.41) is 17.4. The summed E-state index contributed by atoms with van der Waals surface area (Å²) in [5.41, 5.74) is 0. The molecule has 0 saturated carbocycles. The van der Waals surface area contributed by atoms with Gasteiger partial charge in [0, 0.05) is 26.2 Å². The SMILES string of the molecule is CCN(CC)C(=O)CN(CCO)CCC(=O)O. The van der Waals surface area contributed by atoms with E-state index < -0.39 is 5.97 Å². The summed E-state index contributed by atoms with van der Waals surface area (Å²) >= 11 is 0. The van der Waals surface area contributed by atoms with E-state index in [9.17, 15) is 9.59 Å². The Morgan fingerprint density at radius 1 is 1.12 bits per heavy atom. The Morgan fingerprint density at radius 2 is 1.71 bits per heavy atom. The highest BCUT2D eigenvalue weighted by Crippen LogP contribution is 1.96. The summed E-state index contributed by atoms with van der Waals surface area (Å²) in [6.45, 7) is 5.76. The van der Waals surface area contributed by atoms with Crippen molar-refractivity contribution in [3.63, 3.8) is 0 Å².